The predicted octanol–water partition coefficient (Wildman–Crippen LogP) is 2.33. The van der Waals surface area contributed by atoms with E-state index in [9.17, 15) is 4.79 Å². The Labute approximate surface area is 188 Å². The monoisotopic (exact) mass is 435 g/mol. The van der Waals surface area contributed by atoms with Crippen molar-refractivity contribution in [2.75, 3.05) is 26.2 Å². The Bertz CT molecular complexity index is 1040. The number of benzene rings is 1. The summed E-state index contributed by atoms with van der Waals surface area (Å²) in [6, 6.07) is 4.25. The summed E-state index contributed by atoms with van der Waals surface area (Å²) in [4.78, 5) is 25.3. The maximum absolute atomic E-state index is 13.0. The van der Waals surface area contributed by atoms with Crippen molar-refractivity contribution in [2.45, 2.75) is 57.0 Å². The van der Waals surface area contributed by atoms with E-state index in [4.69, 9.17) is 5.73 Å². The lowest BCUT2D eigenvalue weighted by Crippen LogP contribution is -2.52. The number of likely N-dealkylation sites (tertiary alicyclic amines) is 2. The molecule has 2 aliphatic rings. The Hall–Kier alpha value is -2.71. The van der Waals surface area contributed by atoms with Gasteiger partial charge in [-0.3, -0.25) is 9.89 Å². The number of aryl methyl sites for hydroxylation is 1. The molecule has 0 saturated carbocycles. The van der Waals surface area contributed by atoms with Gasteiger partial charge in [0.25, 0.3) is 0 Å². The van der Waals surface area contributed by atoms with E-state index in [0.29, 0.717) is 18.4 Å². The second-order valence-corrected chi connectivity index (χ2v) is 9.40. The number of aromatic nitrogens is 4. The fraction of sp³-hybridized carbons (Fsp3) is 0.542. The quantitative estimate of drug-likeness (QED) is 0.570. The summed E-state index contributed by atoms with van der Waals surface area (Å²) in [6.45, 7) is 5.88. The van der Waals surface area contributed by atoms with Gasteiger partial charge in [0.15, 0.2) is 0 Å². The van der Waals surface area contributed by atoms with Crippen LogP contribution in [0.3, 0.4) is 0 Å². The SMILES string of the molecule is Cc1cc(CC(N)C(=O)N2CCC(N3CCC(c4ncc[nH]4)CC3)CC2)cc2cn[nH]c12. The van der Waals surface area contributed by atoms with Crippen molar-refractivity contribution < 1.29 is 4.79 Å². The van der Waals surface area contributed by atoms with E-state index in [2.05, 4.69) is 44.1 Å². The first-order chi connectivity index (χ1) is 15.6. The molecule has 8 heteroatoms. The number of imidazole rings is 1. The van der Waals surface area contributed by atoms with Gasteiger partial charge in [0.05, 0.1) is 17.8 Å². The van der Waals surface area contributed by atoms with E-state index in [1.807, 2.05) is 23.5 Å². The van der Waals surface area contributed by atoms with Crippen LogP contribution in [0.25, 0.3) is 10.9 Å². The molecule has 0 radical (unpaired) electrons. The highest BCUT2D eigenvalue weighted by Gasteiger charge is 2.31. The normalized spacial score (nSPS) is 20.1. The number of aromatic amines is 2. The van der Waals surface area contributed by atoms with Crippen molar-refractivity contribution in [2.24, 2.45) is 5.73 Å². The molecular formula is C24H33N7O. The lowest BCUT2D eigenvalue weighted by atomic mass is 9.92. The van der Waals surface area contributed by atoms with Crippen molar-refractivity contribution in [1.29, 1.82) is 0 Å². The molecule has 8 nitrogen and oxygen atoms in total. The fourth-order valence-corrected chi connectivity index (χ4v) is 5.50. The number of carbonyl (C=O) groups is 1. The molecule has 2 aliphatic heterocycles. The average Bonchev–Trinajstić information content (AvgIpc) is 3.51. The molecule has 0 aliphatic carbocycles. The van der Waals surface area contributed by atoms with E-state index in [-0.39, 0.29) is 5.91 Å². The third-order valence-electron chi connectivity index (χ3n) is 7.31. The Morgan fingerprint density at radius 2 is 1.97 bits per heavy atom. The highest BCUT2D eigenvalue weighted by molar-refractivity contribution is 5.84. The molecule has 1 atom stereocenters. The molecule has 5 rings (SSSR count). The maximum atomic E-state index is 13.0. The predicted molar refractivity (Wildman–Crippen MR) is 124 cm³/mol. The molecule has 1 aromatic carbocycles. The van der Waals surface area contributed by atoms with Gasteiger partial charge < -0.3 is 20.5 Å². The van der Waals surface area contributed by atoms with Crippen LogP contribution in [-0.4, -0.2) is 74.1 Å². The topological polar surface area (TPSA) is 107 Å². The zero-order valence-corrected chi connectivity index (χ0v) is 18.8. The number of fused-ring (bicyclic) bond motifs is 1. The number of nitrogens with one attached hydrogen (secondary N) is 2. The number of nitrogens with two attached hydrogens (primary N) is 1. The third-order valence-corrected chi connectivity index (χ3v) is 7.31. The summed E-state index contributed by atoms with van der Waals surface area (Å²) in [5, 5.41) is 8.20. The summed E-state index contributed by atoms with van der Waals surface area (Å²) in [7, 11) is 0. The van der Waals surface area contributed by atoms with Crippen LogP contribution in [0, 0.1) is 6.92 Å². The van der Waals surface area contributed by atoms with Gasteiger partial charge in [0, 0.05) is 42.8 Å². The van der Waals surface area contributed by atoms with Crippen LogP contribution in [0.5, 0.6) is 0 Å². The molecule has 2 aromatic heterocycles. The standard InChI is InChI=1S/C24H33N7O/c1-16-12-17(13-19-15-28-29-22(16)19)14-21(25)24(32)31-10-4-20(5-11-31)30-8-2-18(3-9-30)23-26-6-7-27-23/h6-7,12-13,15,18,20-21H,2-5,8-11,14,25H2,1H3,(H,26,27)(H,28,29). The summed E-state index contributed by atoms with van der Waals surface area (Å²) in [6.07, 6.45) is 10.5. The minimum absolute atomic E-state index is 0.0740. The van der Waals surface area contributed by atoms with Crippen molar-refractivity contribution >= 4 is 16.8 Å². The van der Waals surface area contributed by atoms with E-state index in [0.717, 1.165) is 79.7 Å². The lowest BCUT2D eigenvalue weighted by molar-refractivity contribution is -0.134. The van der Waals surface area contributed by atoms with Crippen molar-refractivity contribution in [3.8, 4) is 0 Å². The van der Waals surface area contributed by atoms with Crippen LogP contribution in [0.15, 0.2) is 30.7 Å². The Morgan fingerprint density at radius 3 is 2.69 bits per heavy atom. The molecule has 4 N–H and O–H groups in total. The van der Waals surface area contributed by atoms with Gasteiger partial charge in [-0.25, -0.2) is 4.98 Å². The fourth-order valence-electron chi connectivity index (χ4n) is 5.50. The summed E-state index contributed by atoms with van der Waals surface area (Å²) in [5.74, 6) is 1.75. The van der Waals surface area contributed by atoms with Crippen LogP contribution < -0.4 is 5.73 Å². The van der Waals surface area contributed by atoms with Gasteiger partial charge in [0.1, 0.15) is 5.82 Å². The van der Waals surface area contributed by atoms with Gasteiger partial charge in [-0.15, -0.1) is 0 Å². The average molecular weight is 436 g/mol. The molecule has 2 fully saturated rings. The summed E-state index contributed by atoms with van der Waals surface area (Å²) in [5.41, 5.74) is 9.62. The molecule has 1 unspecified atom stereocenters. The number of piperidine rings is 2. The van der Waals surface area contributed by atoms with Crippen LogP contribution in [-0.2, 0) is 11.2 Å². The molecular weight excluding hydrogens is 402 g/mol. The molecule has 3 aromatic rings. The lowest BCUT2D eigenvalue weighted by Gasteiger charge is -2.42. The molecule has 1 amide bonds. The van der Waals surface area contributed by atoms with Crippen molar-refractivity contribution in [3.63, 3.8) is 0 Å². The second-order valence-electron chi connectivity index (χ2n) is 9.40. The summed E-state index contributed by atoms with van der Waals surface area (Å²) >= 11 is 0. The van der Waals surface area contributed by atoms with E-state index >= 15 is 0 Å². The molecule has 32 heavy (non-hydrogen) atoms. The Kier molecular flexibility index (Phi) is 5.97. The van der Waals surface area contributed by atoms with Crippen LogP contribution in [0.1, 0.15) is 48.6 Å². The van der Waals surface area contributed by atoms with Gasteiger partial charge in [0.2, 0.25) is 5.91 Å². The van der Waals surface area contributed by atoms with Gasteiger partial charge in [-0.2, -0.15) is 5.10 Å². The number of carbonyl (C=O) groups excluding carboxylic acids is 1. The molecule has 0 bridgehead atoms. The van der Waals surface area contributed by atoms with E-state index in [1.54, 1.807) is 0 Å². The van der Waals surface area contributed by atoms with Crippen LogP contribution >= 0.6 is 0 Å². The molecule has 2 saturated heterocycles. The van der Waals surface area contributed by atoms with E-state index in [1.165, 1.54) is 0 Å². The number of rotatable bonds is 5. The first-order valence-electron chi connectivity index (χ1n) is 11.8. The largest absolute Gasteiger partial charge is 0.348 e. The number of amides is 1. The molecule has 4 heterocycles. The number of hydrogen-bond donors (Lipinski definition) is 3. The molecule has 0 spiro atoms. The minimum Gasteiger partial charge on any atom is -0.348 e. The first kappa shape index (κ1) is 21.2. The van der Waals surface area contributed by atoms with Gasteiger partial charge in [-0.1, -0.05) is 6.07 Å². The van der Waals surface area contributed by atoms with Gasteiger partial charge in [-0.05, 0) is 69.3 Å². The third kappa shape index (κ3) is 4.29. The number of hydrogen-bond acceptors (Lipinski definition) is 5. The number of nitrogens with zero attached hydrogens (tertiary/aromatic N) is 4. The zero-order valence-electron chi connectivity index (χ0n) is 18.8. The Morgan fingerprint density at radius 1 is 1.19 bits per heavy atom. The van der Waals surface area contributed by atoms with Crippen molar-refractivity contribution in [1.82, 2.24) is 30.0 Å². The first-order valence-corrected chi connectivity index (χ1v) is 11.8. The molecule has 170 valence electrons. The zero-order chi connectivity index (χ0) is 22.1. The van der Waals surface area contributed by atoms with Crippen molar-refractivity contribution in [3.05, 3.63) is 47.7 Å². The van der Waals surface area contributed by atoms with Crippen LogP contribution in [0.2, 0.25) is 0 Å². The Balaban J connectivity index is 1.11. The van der Waals surface area contributed by atoms with Gasteiger partial charge >= 0.3 is 0 Å². The smallest absolute Gasteiger partial charge is 0.239 e. The highest BCUT2D eigenvalue weighted by atomic mass is 16.2. The highest BCUT2D eigenvalue weighted by Crippen LogP contribution is 2.29. The van der Waals surface area contributed by atoms with Crippen LogP contribution in [0.4, 0.5) is 0 Å². The summed E-state index contributed by atoms with van der Waals surface area (Å²) < 4.78 is 0. The minimum atomic E-state index is -0.501. The second kappa shape index (κ2) is 9.03. The number of H-pyrrole nitrogens is 2. The maximum Gasteiger partial charge on any atom is 0.239 e. The van der Waals surface area contributed by atoms with E-state index < -0.39 is 6.04 Å².